The van der Waals surface area contributed by atoms with Gasteiger partial charge in [-0.3, -0.25) is 13.9 Å². The van der Waals surface area contributed by atoms with Crippen LogP contribution in [0.4, 0.5) is 5.95 Å². The summed E-state index contributed by atoms with van der Waals surface area (Å²) in [6, 6.07) is 14.3. The Hall–Kier alpha value is -3.39. The van der Waals surface area contributed by atoms with Crippen LogP contribution in [0, 0.1) is 0 Å². The molecule has 2 aromatic carbocycles. The fraction of sp³-hybridized carbons (Fsp3) is 0.348. The molecule has 0 aliphatic rings. The zero-order valence-corrected chi connectivity index (χ0v) is 17.8. The van der Waals surface area contributed by atoms with Crippen molar-refractivity contribution in [2.24, 2.45) is 7.05 Å². The van der Waals surface area contributed by atoms with Gasteiger partial charge in [0.15, 0.2) is 11.2 Å². The van der Waals surface area contributed by atoms with Crippen molar-refractivity contribution in [1.29, 1.82) is 0 Å². The lowest BCUT2D eigenvalue weighted by atomic mass is 10.0. The van der Waals surface area contributed by atoms with Crippen LogP contribution in [0.3, 0.4) is 0 Å². The van der Waals surface area contributed by atoms with E-state index in [2.05, 4.69) is 33.5 Å². The van der Waals surface area contributed by atoms with Crippen LogP contribution in [0.15, 0.2) is 52.1 Å². The number of imidazole rings is 1. The van der Waals surface area contributed by atoms with E-state index in [-0.39, 0.29) is 17.4 Å². The van der Waals surface area contributed by atoms with E-state index in [4.69, 9.17) is 0 Å². The second kappa shape index (κ2) is 8.77. The number of aromatic nitrogens is 4. The van der Waals surface area contributed by atoms with E-state index in [0.29, 0.717) is 43.0 Å². The van der Waals surface area contributed by atoms with Crippen LogP contribution in [-0.2, 0) is 20.1 Å². The van der Waals surface area contributed by atoms with Gasteiger partial charge in [0.05, 0.1) is 6.10 Å². The van der Waals surface area contributed by atoms with Gasteiger partial charge in [-0.2, -0.15) is 4.98 Å². The molecule has 0 aliphatic carbocycles. The Labute approximate surface area is 179 Å². The Morgan fingerprint density at radius 3 is 2.71 bits per heavy atom. The van der Waals surface area contributed by atoms with Gasteiger partial charge in [0.1, 0.15) is 0 Å². The van der Waals surface area contributed by atoms with Crippen molar-refractivity contribution in [3.63, 3.8) is 0 Å². The van der Waals surface area contributed by atoms with Crippen LogP contribution >= 0.6 is 0 Å². The summed E-state index contributed by atoms with van der Waals surface area (Å²) in [6.45, 7) is 2.57. The molecule has 8 nitrogen and oxygen atoms in total. The Balaban J connectivity index is 1.59. The van der Waals surface area contributed by atoms with Crippen LogP contribution in [0.25, 0.3) is 21.9 Å². The first-order valence-electron chi connectivity index (χ1n) is 10.5. The van der Waals surface area contributed by atoms with Gasteiger partial charge >= 0.3 is 5.69 Å². The van der Waals surface area contributed by atoms with Crippen LogP contribution in [-0.4, -0.2) is 30.3 Å². The highest BCUT2D eigenvalue weighted by atomic mass is 16.3. The number of unbranched alkanes of at least 4 members (excludes halogenated alkanes) is 1. The third-order valence-electron chi connectivity index (χ3n) is 5.56. The molecule has 0 aliphatic heterocycles. The third-order valence-corrected chi connectivity index (χ3v) is 5.56. The van der Waals surface area contributed by atoms with E-state index in [1.807, 2.05) is 24.3 Å². The van der Waals surface area contributed by atoms with Crippen LogP contribution in [0.5, 0.6) is 0 Å². The van der Waals surface area contributed by atoms with Crippen LogP contribution in [0.1, 0.15) is 31.7 Å². The summed E-state index contributed by atoms with van der Waals surface area (Å²) < 4.78 is 2.63. The van der Waals surface area contributed by atoms with Crippen molar-refractivity contribution in [1.82, 2.24) is 19.1 Å². The monoisotopic (exact) mass is 421 g/mol. The summed E-state index contributed by atoms with van der Waals surface area (Å²) in [5.41, 5.74) is 0.985. The standard InChI is InChI=1S/C23H27N5O3/c1-15(29)8-5-6-13-28-21(30)19-20(27(2)23(28)31)26-22(25-19)24-14-17-11-7-10-16-9-3-4-12-18(16)17/h3-4,7,9-12,15,29H,5-6,8,13-14H2,1-2H3,(H2,24,25,26). The maximum Gasteiger partial charge on any atom is 0.332 e. The maximum atomic E-state index is 12.9. The Kier molecular flexibility index (Phi) is 5.90. The summed E-state index contributed by atoms with van der Waals surface area (Å²) in [5.74, 6) is 0.446. The summed E-state index contributed by atoms with van der Waals surface area (Å²) in [6.07, 6.45) is 1.65. The van der Waals surface area contributed by atoms with E-state index in [0.717, 1.165) is 22.8 Å². The van der Waals surface area contributed by atoms with Gasteiger partial charge in [-0.25, -0.2) is 4.79 Å². The first kappa shape index (κ1) is 20.9. The summed E-state index contributed by atoms with van der Waals surface area (Å²) in [4.78, 5) is 33.0. The normalized spacial score (nSPS) is 12.5. The molecule has 2 aromatic heterocycles. The quantitative estimate of drug-likeness (QED) is 0.380. The molecule has 0 bridgehead atoms. The lowest BCUT2D eigenvalue weighted by Crippen LogP contribution is -2.39. The molecule has 3 N–H and O–H groups in total. The number of H-pyrrole nitrogens is 1. The van der Waals surface area contributed by atoms with E-state index < -0.39 is 0 Å². The maximum absolute atomic E-state index is 12.9. The van der Waals surface area contributed by atoms with Gasteiger partial charge in [-0.15, -0.1) is 0 Å². The molecule has 0 saturated heterocycles. The molecule has 162 valence electrons. The smallest absolute Gasteiger partial charge is 0.332 e. The zero-order chi connectivity index (χ0) is 22.0. The molecule has 1 unspecified atom stereocenters. The Morgan fingerprint density at radius 1 is 1.13 bits per heavy atom. The van der Waals surface area contributed by atoms with E-state index >= 15 is 0 Å². The molecule has 2 heterocycles. The lowest BCUT2D eigenvalue weighted by molar-refractivity contribution is 0.180. The molecule has 8 heteroatoms. The predicted octanol–water partition coefficient (Wildman–Crippen LogP) is 2.74. The molecule has 4 aromatic rings. The number of nitrogens with one attached hydrogen (secondary N) is 2. The van der Waals surface area contributed by atoms with Crippen molar-refractivity contribution in [3.8, 4) is 0 Å². The SMILES string of the molecule is CC(O)CCCCn1c(=O)c2[nH]c(NCc3cccc4ccccc34)nc2n(C)c1=O. The predicted molar refractivity (Wildman–Crippen MR) is 122 cm³/mol. The molecule has 0 radical (unpaired) electrons. The number of hydrogen-bond donors (Lipinski definition) is 3. The van der Waals surface area contributed by atoms with Gasteiger partial charge in [0, 0.05) is 20.1 Å². The van der Waals surface area contributed by atoms with Crippen molar-refractivity contribution >= 4 is 27.9 Å². The second-order valence-corrected chi connectivity index (χ2v) is 7.92. The molecule has 31 heavy (non-hydrogen) atoms. The molecule has 0 spiro atoms. The molecule has 0 fully saturated rings. The van der Waals surface area contributed by atoms with Gasteiger partial charge in [0.2, 0.25) is 5.95 Å². The topological polar surface area (TPSA) is 105 Å². The number of aliphatic hydroxyl groups is 1. The van der Waals surface area contributed by atoms with E-state index in [1.165, 1.54) is 9.13 Å². The Morgan fingerprint density at radius 2 is 1.90 bits per heavy atom. The van der Waals surface area contributed by atoms with E-state index in [1.54, 1.807) is 14.0 Å². The fourth-order valence-electron chi connectivity index (χ4n) is 3.87. The molecular formula is C23H27N5O3. The zero-order valence-electron chi connectivity index (χ0n) is 17.8. The number of rotatable bonds is 8. The third kappa shape index (κ3) is 4.25. The largest absolute Gasteiger partial charge is 0.393 e. The van der Waals surface area contributed by atoms with Crippen molar-refractivity contribution < 1.29 is 5.11 Å². The minimum Gasteiger partial charge on any atom is -0.393 e. The van der Waals surface area contributed by atoms with Crippen molar-refractivity contribution in [3.05, 3.63) is 68.9 Å². The van der Waals surface area contributed by atoms with Gasteiger partial charge in [0.25, 0.3) is 5.56 Å². The van der Waals surface area contributed by atoms with Crippen molar-refractivity contribution in [2.75, 3.05) is 5.32 Å². The number of benzene rings is 2. The first-order valence-corrected chi connectivity index (χ1v) is 10.5. The average molecular weight is 422 g/mol. The number of fused-ring (bicyclic) bond motifs is 2. The number of aryl methyl sites for hydroxylation is 1. The molecule has 0 saturated carbocycles. The second-order valence-electron chi connectivity index (χ2n) is 7.92. The number of hydrogen-bond acceptors (Lipinski definition) is 5. The number of anilines is 1. The van der Waals surface area contributed by atoms with Crippen LogP contribution in [0.2, 0.25) is 0 Å². The highest BCUT2D eigenvalue weighted by molar-refractivity contribution is 5.85. The molecule has 1 atom stereocenters. The van der Waals surface area contributed by atoms with Gasteiger partial charge < -0.3 is 15.4 Å². The van der Waals surface area contributed by atoms with Gasteiger partial charge in [-0.05, 0) is 42.5 Å². The minimum absolute atomic E-state index is 0.304. The number of aliphatic hydroxyl groups excluding tert-OH is 1. The summed E-state index contributed by atoms with van der Waals surface area (Å²) in [5, 5.41) is 14.9. The summed E-state index contributed by atoms with van der Waals surface area (Å²) >= 11 is 0. The highest BCUT2D eigenvalue weighted by Crippen LogP contribution is 2.19. The fourth-order valence-corrected chi connectivity index (χ4v) is 3.87. The van der Waals surface area contributed by atoms with E-state index in [9.17, 15) is 14.7 Å². The van der Waals surface area contributed by atoms with Crippen molar-refractivity contribution in [2.45, 2.75) is 45.4 Å². The Bertz CT molecular complexity index is 1330. The van der Waals surface area contributed by atoms with Gasteiger partial charge in [-0.1, -0.05) is 42.5 Å². The average Bonchev–Trinajstić information content (AvgIpc) is 3.20. The molecule has 4 rings (SSSR count). The number of nitrogens with zero attached hydrogens (tertiary/aromatic N) is 3. The first-order chi connectivity index (χ1) is 15.0. The molecular weight excluding hydrogens is 394 g/mol. The minimum atomic E-state index is -0.387. The number of aromatic amines is 1. The lowest BCUT2D eigenvalue weighted by Gasteiger charge is -2.08. The molecule has 0 amide bonds. The highest BCUT2D eigenvalue weighted by Gasteiger charge is 2.15. The summed E-state index contributed by atoms with van der Waals surface area (Å²) in [7, 11) is 1.62. The van der Waals surface area contributed by atoms with Crippen LogP contribution < -0.4 is 16.6 Å².